The smallest absolute Gasteiger partial charge is 0.191 e. The number of para-hydroxylation sites is 1. The van der Waals surface area contributed by atoms with Crippen LogP contribution in [0.1, 0.15) is 26.6 Å². The molecule has 0 saturated heterocycles. The number of hydrogen-bond acceptors (Lipinski definition) is 4. The minimum atomic E-state index is 0. The van der Waals surface area contributed by atoms with Crippen molar-refractivity contribution in [2.24, 2.45) is 10.9 Å². The highest BCUT2D eigenvalue weighted by molar-refractivity contribution is 14.0. The van der Waals surface area contributed by atoms with E-state index < -0.39 is 0 Å². The van der Waals surface area contributed by atoms with Crippen LogP contribution in [0, 0.1) is 5.92 Å². The third-order valence-corrected chi connectivity index (χ3v) is 4.30. The van der Waals surface area contributed by atoms with Gasteiger partial charge in [-0.05, 0) is 18.1 Å². The lowest BCUT2D eigenvalue weighted by atomic mass is 10.0. The lowest BCUT2D eigenvalue weighted by molar-refractivity contribution is 0.511. The molecule has 3 N–H and O–H groups in total. The van der Waals surface area contributed by atoms with Crippen LogP contribution in [0.25, 0.3) is 0 Å². The molecule has 0 radical (unpaired) electrons. The molecule has 0 aliphatic heterocycles. The van der Waals surface area contributed by atoms with Crippen molar-refractivity contribution in [3.05, 3.63) is 42.5 Å². The van der Waals surface area contributed by atoms with E-state index in [0.717, 1.165) is 43.5 Å². The van der Waals surface area contributed by atoms with Gasteiger partial charge in [0, 0.05) is 44.8 Å². The van der Waals surface area contributed by atoms with E-state index in [1.54, 1.807) is 13.4 Å². The van der Waals surface area contributed by atoms with E-state index in [1.807, 2.05) is 18.2 Å². The molecule has 8 heteroatoms. The predicted octanol–water partition coefficient (Wildman–Crippen LogP) is 2.76. The molecule has 0 spiro atoms. The molecular weight excluding hydrogens is 453 g/mol. The van der Waals surface area contributed by atoms with Gasteiger partial charge in [0.15, 0.2) is 5.96 Å². The van der Waals surface area contributed by atoms with Crippen LogP contribution >= 0.6 is 24.0 Å². The molecule has 0 bridgehead atoms. The maximum absolute atomic E-state index is 4.31. The summed E-state index contributed by atoms with van der Waals surface area (Å²) < 4.78 is 2.06. The fourth-order valence-electron chi connectivity index (χ4n) is 2.66. The summed E-state index contributed by atoms with van der Waals surface area (Å²) in [6, 6.07) is 10.6. The van der Waals surface area contributed by atoms with Gasteiger partial charge in [-0.25, -0.2) is 0 Å². The first-order valence-electron chi connectivity index (χ1n) is 9.26. The van der Waals surface area contributed by atoms with Crippen LogP contribution in [-0.2, 0) is 13.0 Å². The minimum Gasteiger partial charge on any atom is -0.380 e. The Kier molecular flexibility index (Phi) is 10.8. The van der Waals surface area contributed by atoms with Gasteiger partial charge in [-0.3, -0.25) is 4.99 Å². The number of guanidine groups is 1. The molecule has 27 heavy (non-hydrogen) atoms. The van der Waals surface area contributed by atoms with Gasteiger partial charge in [-0.15, -0.1) is 34.2 Å². The number of hydrogen-bond donors (Lipinski definition) is 3. The Morgan fingerprint density at radius 3 is 2.56 bits per heavy atom. The van der Waals surface area contributed by atoms with Crippen molar-refractivity contribution >= 4 is 35.6 Å². The number of aliphatic imine (C=N–C) groups is 1. The van der Waals surface area contributed by atoms with Crippen molar-refractivity contribution in [3.8, 4) is 0 Å². The SMILES string of the molecule is CCc1nncn1CCNC(=NC)NCC(Nc1ccccc1)C(C)C.I. The highest BCUT2D eigenvalue weighted by Gasteiger charge is 2.13. The molecule has 0 amide bonds. The van der Waals surface area contributed by atoms with Crippen molar-refractivity contribution in [3.63, 3.8) is 0 Å². The number of nitrogens with zero attached hydrogens (tertiary/aromatic N) is 4. The zero-order chi connectivity index (χ0) is 18.8. The first-order valence-corrected chi connectivity index (χ1v) is 9.26. The Hall–Kier alpha value is -1.84. The minimum absolute atomic E-state index is 0. The molecule has 150 valence electrons. The number of benzene rings is 1. The second kappa shape index (κ2) is 12.5. The second-order valence-electron chi connectivity index (χ2n) is 6.53. The van der Waals surface area contributed by atoms with Crippen molar-refractivity contribution in [1.29, 1.82) is 0 Å². The molecule has 1 heterocycles. The Morgan fingerprint density at radius 2 is 1.93 bits per heavy atom. The van der Waals surface area contributed by atoms with Crippen molar-refractivity contribution < 1.29 is 0 Å². The molecule has 7 nitrogen and oxygen atoms in total. The normalized spacial score (nSPS) is 12.4. The topological polar surface area (TPSA) is 79.2 Å². The molecule has 0 fully saturated rings. The van der Waals surface area contributed by atoms with Crippen molar-refractivity contribution in [2.75, 3.05) is 25.5 Å². The van der Waals surface area contributed by atoms with E-state index in [4.69, 9.17) is 0 Å². The molecule has 2 rings (SSSR count). The number of halogens is 1. The number of rotatable bonds is 9. The first-order chi connectivity index (χ1) is 12.6. The van der Waals surface area contributed by atoms with Gasteiger partial charge >= 0.3 is 0 Å². The summed E-state index contributed by atoms with van der Waals surface area (Å²) in [5, 5.41) is 18.4. The predicted molar refractivity (Wildman–Crippen MR) is 123 cm³/mol. The third kappa shape index (κ3) is 7.74. The monoisotopic (exact) mass is 485 g/mol. The molecule has 1 unspecified atom stereocenters. The molecule has 1 aromatic heterocycles. The zero-order valence-electron chi connectivity index (χ0n) is 16.6. The van der Waals surface area contributed by atoms with Gasteiger partial charge < -0.3 is 20.5 Å². The van der Waals surface area contributed by atoms with Crippen LogP contribution in [0.2, 0.25) is 0 Å². The molecule has 0 saturated carbocycles. The Labute approximate surface area is 179 Å². The Bertz CT molecular complexity index is 670. The number of anilines is 1. The third-order valence-electron chi connectivity index (χ3n) is 4.30. The summed E-state index contributed by atoms with van der Waals surface area (Å²) in [7, 11) is 1.79. The lowest BCUT2D eigenvalue weighted by Crippen LogP contribution is -2.45. The van der Waals surface area contributed by atoms with E-state index in [2.05, 4.69) is 68.6 Å². The molecule has 2 aromatic rings. The van der Waals surface area contributed by atoms with Crippen LogP contribution in [0.4, 0.5) is 5.69 Å². The van der Waals surface area contributed by atoms with Gasteiger partial charge in [0.1, 0.15) is 12.2 Å². The average molecular weight is 485 g/mol. The quantitative estimate of drug-likeness (QED) is 0.289. The molecular formula is C19H32IN7. The second-order valence-corrected chi connectivity index (χ2v) is 6.53. The maximum atomic E-state index is 4.31. The maximum Gasteiger partial charge on any atom is 0.191 e. The van der Waals surface area contributed by atoms with Gasteiger partial charge in [0.25, 0.3) is 0 Å². The number of aryl methyl sites for hydroxylation is 1. The summed E-state index contributed by atoms with van der Waals surface area (Å²) >= 11 is 0. The van der Waals surface area contributed by atoms with Crippen LogP contribution < -0.4 is 16.0 Å². The summed E-state index contributed by atoms with van der Waals surface area (Å²) in [4.78, 5) is 4.31. The van der Waals surface area contributed by atoms with Gasteiger partial charge in [0.2, 0.25) is 0 Å². The summed E-state index contributed by atoms with van der Waals surface area (Å²) in [5.74, 6) is 2.29. The van der Waals surface area contributed by atoms with Gasteiger partial charge in [-0.1, -0.05) is 39.0 Å². The molecule has 1 atom stereocenters. The van der Waals surface area contributed by atoms with Crippen LogP contribution in [0.5, 0.6) is 0 Å². The number of nitrogens with one attached hydrogen (secondary N) is 3. The van der Waals surface area contributed by atoms with E-state index in [9.17, 15) is 0 Å². The van der Waals surface area contributed by atoms with Crippen LogP contribution in [0.15, 0.2) is 41.7 Å². The zero-order valence-corrected chi connectivity index (χ0v) is 19.0. The number of aromatic nitrogens is 3. The molecule has 0 aliphatic rings. The fraction of sp³-hybridized carbons (Fsp3) is 0.526. The summed E-state index contributed by atoms with van der Waals surface area (Å²) in [5.41, 5.74) is 1.13. The van der Waals surface area contributed by atoms with E-state index in [1.165, 1.54) is 0 Å². The molecule has 0 aliphatic carbocycles. The Balaban J connectivity index is 0.00000364. The van der Waals surface area contributed by atoms with Gasteiger partial charge in [-0.2, -0.15) is 0 Å². The summed E-state index contributed by atoms with van der Waals surface area (Å²) in [6.45, 7) is 8.89. The average Bonchev–Trinajstić information content (AvgIpc) is 3.11. The van der Waals surface area contributed by atoms with E-state index >= 15 is 0 Å². The van der Waals surface area contributed by atoms with Crippen LogP contribution in [0.3, 0.4) is 0 Å². The lowest BCUT2D eigenvalue weighted by Gasteiger charge is -2.25. The van der Waals surface area contributed by atoms with Crippen molar-refractivity contribution in [2.45, 2.75) is 39.8 Å². The Morgan fingerprint density at radius 1 is 1.19 bits per heavy atom. The van der Waals surface area contributed by atoms with Gasteiger partial charge in [0.05, 0.1) is 0 Å². The highest BCUT2D eigenvalue weighted by atomic mass is 127. The highest BCUT2D eigenvalue weighted by Crippen LogP contribution is 2.11. The van der Waals surface area contributed by atoms with Crippen LogP contribution in [-0.4, -0.2) is 46.9 Å². The standard InChI is InChI=1S/C19H31N7.HI/c1-5-18-25-23-14-26(18)12-11-21-19(20-4)22-13-17(15(2)3)24-16-9-7-6-8-10-16;/h6-10,14-15,17,24H,5,11-13H2,1-4H3,(H2,20,21,22);1H. The van der Waals surface area contributed by atoms with E-state index in [0.29, 0.717) is 12.0 Å². The largest absolute Gasteiger partial charge is 0.380 e. The summed E-state index contributed by atoms with van der Waals surface area (Å²) in [6.07, 6.45) is 2.66. The van der Waals surface area contributed by atoms with Crippen molar-refractivity contribution in [1.82, 2.24) is 25.4 Å². The molecule has 1 aromatic carbocycles. The fourth-order valence-corrected chi connectivity index (χ4v) is 2.66. The van der Waals surface area contributed by atoms with E-state index in [-0.39, 0.29) is 24.0 Å². The first kappa shape index (κ1) is 23.2.